The van der Waals surface area contributed by atoms with Crippen LogP contribution < -0.4 is 10.2 Å². The number of likely N-dealkylation sites (N-methyl/N-ethyl adjacent to an activating group) is 1. The molecule has 0 unspecified atom stereocenters. The summed E-state index contributed by atoms with van der Waals surface area (Å²) in [6.07, 6.45) is 3.57. The van der Waals surface area contributed by atoms with Gasteiger partial charge in [0, 0.05) is 26.3 Å². The molecule has 0 radical (unpaired) electrons. The number of nitrogens with one attached hydrogen (secondary N) is 1. The lowest BCUT2D eigenvalue weighted by Gasteiger charge is -2.26. The molecule has 3 heteroatoms. The zero-order chi connectivity index (χ0) is 10.4. The van der Waals surface area contributed by atoms with Crippen molar-refractivity contribution in [1.29, 1.82) is 0 Å². The highest BCUT2D eigenvalue weighted by Crippen LogP contribution is 2.23. The lowest BCUT2D eigenvalue weighted by Crippen LogP contribution is -2.31. The minimum atomic E-state index is 1.01. The Morgan fingerprint density at radius 2 is 2.36 bits per heavy atom. The lowest BCUT2D eigenvalue weighted by molar-refractivity contribution is 0.864. The Hall–Kier alpha value is -1.51. The van der Waals surface area contributed by atoms with Gasteiger partial charge in [0.25, 0.3) is 0 Å². The van der Waals surface area contributed by atoms with E-state index in [1.54, 1.807) is 6.08 Å². The highest BCUT2D eigenvalue weighted by atomic mass is 15.2. The first-order valence-corrected chi connectivity index (χ1v) is 4.76. The largest absolute Gasteiger partial charge is 0.380 e. The van der Waals surface area contributed by atoms with Gasteiger partial charge in [-0.05, 0) is 19.1 Å². The second kappa shape index (κ2) is 5.27. The van der Waals surface area contributed by atoms with Crippen LogP contribution in [-0.2, 0) is 0 Å². The van der Waals surface area contributed by atoms with Crippen LogP contribution in [0.2, 0.25) is 0 Å². The topological polar surface area (TPSA) is 28.2 Å². The SMILES string of the molecule is C=CC.CN1CCNc2cccnc21. The summed E-state index contributed by atoms with van der Waals surface area (Å²) in [5, 5.41) is 3.29. The summed E-state index contributed by atoms with van der Waals surface area (Å²) in [4.78, 5) is 6.42. The number of pyridine rings is 1. The van der Waals surface area contributed by atoms with E-state index < -0.39 is 0 Å². The molecule has 1 aromatic rings. The smallest absolute Gasteiger partial charge is 0.151 e. The Kier molecular flexibility index (Phi) is 3.98. The van der Waals surface area contributed by atoms with E-state index in [1.165, 1.54) is 0 Å². The molecule has 2 rings (SSSR count). The van der Waals surface area contributed by atoms with Crippen molar-refractivity contribution < 1.29 is 0 Å². The molecule has 0 saturated heterocycles. The molecule has 0 aliphatic carbocycles. The number of allylic oxidation sites excluding steroid dienone is 1. The van der Waals surface area contributed by atoms with Crippen molar-refractivity contribution in [2.75, 3.05) is 30.4 Å². The molecule has 0 spiro atoms. The second-order valence-electron chi connectivity index (χ2n) is 3.13. The summed E-state index contributed by atoms with van der Waals surface area (Å²) in [5.74, 6) is 1.05. The Morgan fingerprint density at radius 1 is 1.64 bits per heavy atom. The molecule has 1 aliphatic rings. The van der Waals surface area contributed by atoms with Crippen LogP contribution in [0.15, 0.2) is 31.0 Å². The molecule has 1 aromatic heterocycles. The maximum atomic E-state index is 4.26. The van der Waals surface area contributed by atoms with Crippen LogP contribution >= 0.6 is 0 Å². The Labute approximate surface area is 85.5 Å². The number of anilines is 2. The van der Waals surface area contributed by atoms with Gasteiger partial charge in [0.05, 0.1) is 5.69 Å². The van der Waals surface area contributed by atoms with Gasteiger partial charge in [0.15, 0.2) is 5.82 Å². The molecule has 0 atom stereocenters. The van der Waals surface area contributed by atoms with Gasteiger partial charge in [0.1, 0.15) is 0 Å². The van der Waals surface area contributed by atoms with Gasteiger partial charge in [-0.25, -0.2) is 4.98 Å². The number of hydrogen-bond donors (Lipinski definition) is 1. The first-order chi connectivity index (χ1) is 6.79. The first kappa shape index (κ1) is 10.6. The maximum absolute atomic E-state index is 4.26. The first-order valence-electron chi connectivity index (χ1n) is 4.76. The number of hydrogen-bond acceptors (Lipinski definition) is 3. The molecule has 3 nitrogen and oxygen atoms in total. The van der Waals surface area contributed by atoms with E-state index in [2.05, 4.69) is 34.9 Å². The molecule has 14 heavy (non-hydrogen) atoms. The van der Waals surface area contributed by atoms with Gasteiger partial charge in [-0.15, -0.1) is 6.58 Å². The van der Waals surface area contributed by atoms with Crippen molar-refractivity contribution >= 4 is 11.5 Å². The molecule has 0 amide bonds. The lowest BCUT2D eigenvalue weighted by atomic mass is 10.3. The second-order valence-corrected chi connectivity index (χ2v) is 3.13. The minimum absolute atomic E-state index is 1.01. The van der Waals surface area contributed by atoms with E-state index in [-0.39, 0.29) is 0 Å². The quantitative estimate of drug-likeness (QED) is 0.637. The Balaban J connectivity index is 0.000000293. The molecule has 0 aromatic carbocycles. The van der Waals surface area contributed by atoms with Crippen LogP contribution in [0.25, 0.3) is 0 Å². The summed E-state index contributed by atoms with van der Waals surface area (Å²) in [7, 11) is 2.06. The molecule has 0 fully saturated rings. The molecule has 1 aliphatic heterocycles. The Morgan fingerprint density at radius 3 is 3.00 bits per heavy atom. The highest BCUT2D eigenvalue weighted by Gasteiger charge is 2.11. The normalized spacial score (nSPS) is 13.1. The van der Waals surface area contributed by atoms with Gasteiger partial charge in [-0.2, -0.15) is 0 Å². The minimum Gasteiger partial charge on any atom is -0.380 e. The van der Waals surface area contributed by atoms with Crippen molar-refractivity contribution in [1.82, 2.24) is 4.98 Å². The van der Waals surface area contributed by atoms with Crippen LogP contribution in [0.1, 0.15) is 6.92 Å². The number of nitrogens with zero attached hydrogens (tertiary/aromatic N) is 2. The molecule has 2 heterocycles. The van der Waals surface area contributed by atoms with E-state index in [1.807, 2.05) is 19.2 Å². The van der Waals surface area contributed by atoms with E-state index in [0.29, 0.717) is 0 Å². The fraction of sp³-hybridized carbons (Fsp3) is 0.364. The van der Waals surface area contributed by atoms with Gasteiger partial charge in [-0.3, -0.25) is 0 Å². The number of rotatable bonds is 0. The average molecular weight is 191 g/mol. The van der Waals surface area contributed by atoms with Crippen molar-refractivity contribution in [3.8, 4) is 0 Å². The summed E-state index contributed by atoms with van der Waals surface area (Å²) in [6, 6.07) is 4.00. The fourth-order valence-electron chi connectivity index (χ4n) is 1.30. The highest BCUT2D eigenvalue weighted by molar-refractivity contribution is 5.66. The van der Waals surface area contributed by atoms with E-state index >= 15 is 0 Å². The third-order valence-electron chi connectivity index (χ3n) is 1.91. The van der Waals surface area contributed by atoms with Gasteiger partial charge in [-0.1, -0.05) is 6.08 Å². The van der Waals surface area contributed by atoms with Crippen molar-refractivity contribution in [3.05, 3.63) is 31.0 Å². The molecule has 0 bridgehead atoms. The number of fused-ring (bicyclic) bond motifs is 1. The van der Waals surface area contributed by atoms with Crippen LogP contribution in [0.3, 0.4) is 0 Å². The van der Waals surface area contributed by atoms with Crippen molar-refractivity contribution in [2.24, 2.45) is 0 Å². The van der Waals surface area contributed by atoms with Crippen LogP contribution in [0.4, 0.5) is 11.5 Å². The molecular formula is C11H17N3. The van der Waals surface area contributed by atoms with Gasteiger partial charge >= 0.3 is 0 Å². The summed E-state index contributed by atoms with van der Waals surface area (Å²) in [5.41, 5.74) is 1.14. The monoisotopic (exact) mass is 191 g/mol. The Bertz CT molecular complexity index is 296. The van der Waals surface area contributed by atoms with Crippen LogP contribution in [-0.4, -0.2) is 25.1 Å². The zero-order valence-electron chi connectivity index (χ0n) is 8.83. The average Bonchev–Trinajstić information content (AvgIpc) is 2.20. The van der Waals surface area contributed by atoms with Crippen LogP contribution in [0.5, 0.6) is 0 Å². The zero-order valence-corrected chi connectivity index (χ0v) is 8.83. The summed E-state index contributed by atoms with van der Waals surface area (Å²) < 4.78 is 0. The predicted octanol–water partition coefficient (Wildman–Crippen LogP) is 2.14. The molecule has 76 valence electrons. The molecular weight excluding hydrogens is 174 g/mol. The maximum Gasteiger partial charge on any atom is 0.151 e. The van der Waals surface area contributed by atoms with E-state index in [9.17, 15) is 0 Å². The predicted molar refractivity (Wildman–Crippen MR) is 61.9 cm³/mol. The van der Waals surface area contributed by atoms with Crippen molar-refractivity contribution in [3.63, 3.8) is 0 Å². The van der Waals surface area contributed by atoms with Gasteiger partial charge in [0.2, 0.25) is 0 Å². The van der Waals surface area contributed by atoms with E-state index in [4.69, 9.17) is 0 Å². The fourth-order valence-corrected chi connectivity index (χ4v) is 1.30. The molecule has 1 N–H and O–H groups in total. The van der Waals surface area contributed by atoms with Crippen LogP contribution in [0, 0.1) is 0 Å². The van der Waals surface area contributed by atoms with E-state index in [0.717, 1.165) is 24.6 Å². The van der Waals surface area contributed by atoms with Gasteiger partial charge < -0.3 is 10.2 Å². The standard InChI is InChI=1S/C8H11N3.C3H6/c1-11-6-5-9-7-3-2-4-10-8(7)11;1-3-2/h2-4,9H,5-6H2,1H3;3H,1H2,2H3. The summed E-state index contributed by atoms with van der Waals surface area (Å²) >= 11 is 0. The third kappa shape index (κ3) is 2.49. The number of aromatic nitrogens is 1. The summed E-state index contributed by atoms with van der Waals surface area (Å²) in [6.45, 7) is 7.29. The molecule has 0 saturated carbocycles. The third-order valence-corrected chi connectivity index (χ3v) is 1.91. The van der Waals surface area contributed by atoms with Crippen molar-refractivity contribution in [2.45, 2.75) is 6.92 Å².